The Morgan fingerprint density at radius 2 is 2.07 bits per heavy atom. The largest absolute Gasteiger partial charge is 0.368 e. The number of nitrogens with one attached hydrogen (secondary N) is 2. The molecule has 4 N–H and O–H groups in total. The predicted octanol–water partition coefficient (Wildman–Crippen LogP) is 2.74. The Labute approximate surface area is 165 Å². The first-order chi connectivity index (χ1) is 13.1. The van der Waals surface area contributed by atoms with Crippen LogP contribution in [0, 0.1) is 12.8 Å². The third-order valence-corrected chi connectivity index (χ3v) is 6.82. The first-order valence-electron chi connectivity index (χ1n) is 9.81. The van der Waals surface area contributed by atoms with Gasteiger partial charge in [0.15, 0.2) is 0 Å². The van der Waals surface area contributed by atoms with E-state index in [9.17, 15) is 4.79 Å². The molecule has 1 aliphatic rings. The number of piperidine rings is 1. The number of nitrogens with zero attached hydrogens (tertiary/aromatic N) is 1. The quantitative estimate of drug-likeness (QED) is 0.619. The van der Waals surface area contributed by atoms with Crippen LogP contribution in [0.5, 0.6) is 0 Å². The fourth-order valence-electron chi connectivity index (χ4n) is 3.96. The molecule has 0 aliphatic carbocycles. The van der Waals surface area contributed by atoms with E-state index >= 15 is 0 Å². The van der Waals surface area contributed by atoms with Crippen molar-refractivity contribution in [3.05, 3.63) is 52.0 Å². The number of amides is 1. The highest BCUT2D eigenvalue weighted by atomic mass is 32.1. The molecule has 2 aromatic rings. The van der Waals surface area contributed by atoms with Crippen molar-refractivity contribution < 1.29 is 4.79 Å². The lowest BCUT2D eigenvalue weighted by Gasteiger charge is -2.33. The molecule has 2 aromatic heterocycles. The summed E-state index contributed by atoms with van der Waals surface area (Å²) in [6.45, 7) is 5.06. The Morgan fingerprint density at radius 1 is 1.33 bits per heavy atom. The molecule has 1 saturated heterocycles. The van der Waals surface area contributed by atoms with E-state index in [-0.39, 0.29) is 5.91 Å². The predicted molar refractivity (Wildman–Crippen MR) is 111 cm³/mol. The molecule has 1 atom stereocenters. The van der Waals surface area contributed by atoms with Crippen molar-refractivity contribution in [1.29, 1.82) is 0 Å². The van der Waals surface area contributed by atoms with Crippen LogP contribution < -0.4 is 16.4 Å². The molecule has 0 bridgehead atoms. The Hall–Kier alpha value is -1.76. The van der Waals surface area contributed by atoms with Crippen LogP contribution in [0.2, 0.25) is 0 Å². The zero-order valence-corrected chi connectivity index (χ0v) is 16.9. The monoisotopic (exact) mass is 386 g/mol. The zero-order chi connectivity index (χ0) is 19.1. The number of primary amides is 1. The highest BCUT2D eigenvalue weighted by Crippen LogP contribution is 2.34. The molecular formula is C21H30N4OS. The molecule has 1 fully saturated rings. The minimum Gasteiger partial charge on any atom is -0.368 e. The topological polar surface area (TPSA) is 80.0 Å². The molecule has 6 heteroatoms. The summed E-state index contributed by atoms with van der Waals surface area (Å²) >= 11 is 1.62. The lowest BCUT2D eigenvalue weighted by Crippen LogP contribution is -2.53. The van der Waals surface area contributed by atoms with Gasteiger partial charge in [-0.2, -0.15) is 0 Å². The van der Waals surface area contributed by atoms with Gasteiger partial charge in [0.2, 0.25) is 5.91 Å². The van der Waals surface area contributed by atoms with Crippen LogP contribution in [0.4, 0.5) is 0 Å². The SMILES string of the molecule is Cc1ccsc1C(CCc1ccncc1)(NCCC1CCNCC1)C(N)=O. The molecule has 0 aromatic carbocycles. The Bertz CT molecular complexity index is 727. The zero-order valence-electron chi connectivity index (χ0n) is 16.0. The molecule has 1 unspecified atom stereocenters. The first-order valence-corrected chi connectivity index (χ1v) is 10.7. The van der Waals surface area contributed by atoms with E-state index in [0.717, 1.165) is 42.9 Å². The maximum Gasteiger partial charge on any atom is 0.243 e. The van der Waals surface area contributed by atoms with Crippen molar-refractivity contribution in [3.63, 3.8) is 0 Å². The third-order valence-electron chi connectivity index (χ3n) is 5.65. The highest BCUT2D eigenvalue weighted by Gasteiger charge is 2.40. The Morgan fingerprint density at radius 3 is 2.70 bits per heavy atom. The van der Waals surface area contributed by atoms with Gasteiger partial charge in [-0.3, -0.25) is 15.1 Å². The summed E-state index contributed by atoms with van der Waals surface area (Å²) in [5, 5.41) is 9.05. The van der Waals surface area contributed by atoms with Crippen LogP contribution in [0.1, 0.15) is 41.7 Å². The number of nitrogens with two attached hydrogens (primary N) is 1. The number of hydrogen-bond donors (Lipinski definition) is 3. The fourth-order valence-corrected chi connectivity index (χ4v) is 5.09. The number of carbonyl (C=O) groups excluding carboxylic acids is 1. The molecule has 5 nitrogen and oxygen atoms in total. The minimum absolute atomic E-state index is 0.285. The van der Waals surface area contributed by atoms with Gasteiger partial charge in [0.1, 0.15) is 5.54 Å². The average molecular weight is 387 g/mol. The van der Waals surface area contributed by atoms with E-state index in [0.29, 0.717) is 12.3 Å². The lowest BCUT2D eigenvalue weighted by atomic mass is 9.86. The van der Waals surface area contributed by atoms with E-state index in [1.54, 1.807) is 23.7 Å². The molecule has 3 rings (SSSR count). The van der Waals surface area contributed by atoms with Crippen LogP contribution in [0.3, 0.4) is 0 Å². The lowest BCUT2D eigenvalue weighted by molar-refractivity contribution is -0.125. The summed E-state index contributed by atoms with van der Waals surface area (Å²) in [6, 6.07) is 6.07. The standard InChI is InChI=1S/C21H30N4OS/c1-16-8-15-27-19(16)21(20(22)26,9-2-17-3-10-23-11-4-17)25-14-7-18-5-12-24-13-6-18/h3-4,8,10-11,15,18,24-25H,2,5-7,9,12-14H2,1H3,(H2,22,26). The van der Waals surface area contributed by atoms with Crippen LogP contribution in [-0.2, 0) is 16.8 Å². The van der Waals surface area contributed by atoms with Crippen molar-refractivity contribution in [2.24, 2.45) is 11.7 Å². The van der Waals surface area contributed by atoms with Crippen molar-refractivity contribution in [2.75, 3.05) is 19.6 Å². The number of hydrogen-bond acceptors (Lipinski definition) is 5. The van der Waals surface area contributed by atoms with Gasteiger partial charge in [-0.15, -0.1) is 11.3 Å². The maximum atomic E-state index is 12.7. The van der Waals surface area contributed by atoms with E-state index in [1.165, 1.54) is 18.4 Å². The summed E-state index contributed by atoms with van der Waals surface area (Å²) in [7, 11) is 0. The molecule has 27 heavy (non-hydrogen) atoms. The number of carbonyl (C=O) groups is 1. The van der Waals surface area contributed by atoms with Crippen molar-refractivity contribution >= 4 is 17.2 Å². The summed E-state index contributed by atoms with van der Waals surface area (Å²) in [4.78, 5) is 17.8. The molecule has 146 valence electrons. The molecule has 0 saturated carbocycles. The summed E-state index contributed by atoms with van der Waals surface area (Å²) < 4.78 is 0. The number of rotatable bonds is 9. The molecule has 0 spiro atoms. The molecule has 3 heterocycles. The number of aromatic nitrogens is 1. The number of thiophene rings is 1. The van der Waals surface area contributed by atoms with Crippen molar-refractivity contribution in [3.8, 4) is 0 Å². The summed E-state index contributed by atoms with van der Waals surface area (Å²) in [5.41, 5.74) is 7.49. The first kappa shape index (κ1) is 20.0. The molecule has 0 radical (unpaired) electrons. The van der Waals surface area contributed by atoms with Crippen LogP contribution in [0.15, 0.2) is 36.0 Å². The van der Waals surface area contributed by atoms with E-state index < -0.39 is 5.54 Å². The van der Waals surface area contributed by atoms with Gasteiger partial charge < -0.3 is 11.1 Å². The van der Waals surface area contributed by atoms with E-state index in [4.69, 9.17) is 5.73 Å². The van der Waals surface area contributed by atoms with Crippen LogP contribution in [-0.4, -0.2) is 30.5 Å². The van der Waals surface area contributed by atoms with Gasteiger partial charge in [-0.25, -0.2) is 0 Å². The second-order valence-corrected chi connectivity index (χ2v) is 8.38. The maximum absolute atomic E-state index is 12.7. The van der Waals surface area contributed by atoms with Gasteiger partial charge in [-0.05, 0) is 99.3 Å². The Balaban J connectivity index is 1.75. The summed E-state index contributed by atoms with van der Waals surface area (Å²) in [6.07, 6.45) is 8.52. The molecule has 1 aliphatic heterocycles. The van der Waals surface area contributed by atoms with Gasteiger partial charge in [-0.1, -0.05) is 0 Å². The molecule has 1 amide bonds. The number of pyridine rings is 1. The van der Waals surface area contributed by atoms with E-state index in [2.05, 4.69) is 28.6 Å². The molecular weight excluding hydrogens is 356 g/mol. The van der Waals surface area contributed by atoms with Crippen molar-refractivity contribution in [2.45, 2.75) is 44.6 Å². The van der Waals surface area contributed by atoms with Gasteiger partial charge in [0.25, 0.3) is 0 Å². The Kier molecular flexibility index (Phi) is 6.99. The van der Waals surface area contributed by atoms with Crippen LogP contribution in [0.25, 0.3) is 0 Å². The van der Waals surface area contributed by atoms with Crippen molar-refractivity contribution in [1.82, 2.24) is 15.6 Å². The number of aryl methyl sites for hydroxylation is 2. The van der Waals surface area contributed by atoms with Gasteiger partial charge >= 0.3 is 0 Å². The van der Waals surface area contributed by atoms with E-state index in [1.807, 2.05) is 17.5 Å². The summed E-state index contributed by atoms with van der Waals surface area (Å²) in [5.74, 6) is 0.432. The average Bonchev–Trinajstić information content (AvgIpc) is 3.12. The van der Waals surface area contributed by atoms with Gasteiger partial charge in [0.05, 0.1) is 0 Å². The fraction of sp³-hybridized carbons (Fsp3) is 0.524. The van der Waals surface area contributed by atoms with Gasteiger partial charge in [0, 0.05) is 17.3 Å². The van der Waals surface area contributed by atoms with Crippen LogP contribution >= 0.6 is 11.3 Å². The third kappa shape index (κ3) is 4.94. The smallest absolute Gasteiger partial charge is 0.243 e. The normalized spacial score (nSPS) is 17.5. The highest BCUT2D eigenvalue weighted by molar-refractivity contribution is 7.10. The second kappa shape index (κ2) is 9.44. The second-order valence-electron chi connectivity index (χ2n) is 7.47. The minimum atomic E-state index is -0.811.